The molecule has 0 fully saturated rings. The van der Waals surface area contributed by atoms with Crippen LogP contribution in [0.5, 0.6) is 5.75 Å². The molecule has 0 saturated heterocycles. The van der Waals surface area contributed by atoms with Gasteiger partial charge in [-0.1, -0.05) is 24.3 Å². The van der Waals surface area contributed by atoms with Crippen LogP contribution in [0.15, 0.2) is 46.0 Å². The maximum Gasteiger partial charge on any atom is 0.250 e. The first-order chi connectivity index (χ1) is 11.5. The Morgan fingerprint density at radius 1 is 1.33 bits per heavy atom. The Morgan fingerprint density at radius 2 is 2.12 bits per heavy atom. The summed E-state index contributed by atoms with van der Waals surface area (Å²) in [6, 6.07) is 10.0. The molecule has 0 saturated carbocycles. The smallest absolute Gasteiger partial charge is 0.250 e. The van der Waals surface area contributed by atoms with Crippen molar-refractivity contribution in [2.45, 2.75) is 29.7 Å². The first-order valence-electron chi connectivity index (χ1n) is 7.54. The standard InChI is InChI=1S/C16H18N2O4S2/c1-11(18-24(20,21)15-7-4-8-23-15)16(19)17-10-13-9-12-5-2-3-6-14(12)22-13/h2-8,11,13,18H,9-10H2,1H3,(H,17,19). The lowest BCUT2D eigenvalue weighted by atomic mass is 10.1. The number of carbonyl (C=O) groups is 1. The Morgan fingerprint density at radius 3 is 2.83 bits per heavy atom. The van der Waals surface area contributed by atoms with Crippen LogP contribution in [0.2, 0.25) is 0 Å². The Hall–Kier alpha value is -1.90. The van der Waals surface area contributed by atoms with Crippen LogP contribution >= 0.6 is 11.3 Å². The molecule has 1 aliphatic rings. The van der Waals surface area contributed by atoms with Gasteiger partial charge in [-0.05, 0) is 30.0 Å². The number of benzene rings is 1. The van der Waals surface area contributed by atoms with Crippen LogP contribution in [-0.2, 0) is 21.2 Å². The molecule has 0 aliphatic carbocycles. The van der Waals surface area contributed by atoms with E-state index in [9.17, 15) is 13.2 Å². The third-order valence-corrected chi connectivity index (χ3v) is 6.64. The fraction of sp³-hybridized carbons (Fsp3) is 0.312. The average Bonchev–Trinajstić information content (AvgIpc) is 3.21. The maximum atomic E-state index is 12.1. The Kier molecular flexibility index (Phi) is 4.88. The third-order valence-electron chi connectivity index (χ3n) is 3.70. The second-order valence-corrected chi connectivity index (χ2v) is 8.46. The van der Waals surface area contributed by atoms with E-state index in [4.69, 9.17) is 4.74 Å². The van der Waals surface area contributed by atoms with Crippen molar-refractivity contribution < 1.29 is 17.9 Å². The van der Waals surface area contributed by atoms with Crippen molar-refractivity contribution in [1.29, 1.82) is 0 Å². The van der Waals surface area contributed by atoms with Gasteiger partial charge in [0, 0.05) is 6.42 Å². The number of amides is 1. The summed E-state index contributed by atoms with van der Waals surface area (Å²) in [6.45, 7) is 1.85. The van der Waals surface area contributed by atoms with E-state index in [2.05, 4.69) is 10.0 Å². The van der Waals surface area contributed by atoms with Gasteiger partial charge in [-0.15, -0.1) is 11.3 Å². The molecule has 1 aliphatic heterocycles. The van der Waals surface area contributed by atoms with Crippen LogP contribution in [0.4, 0.5) is 0 Å². The molecule has 3 rings (SSSR count). The quantitative estimate of drug-likeness (QED) is 0.812. The SMILES string of the molecule is CC(NS(=O)(=O)c1cccs1)C(=O)NCC1Cc2ccccc2O1. The van der Waals surface area contributed by atoms with Crippen molar-refractivity contribution in [3.05, 3.63) is 47.3 Å². The summed E-state index contributed by atoms with van der Waals surface area (Å²) in [5, 5.41) is 4.41. The summed E-state index contributed by atoms with van der Waals surface area (Å²) in [7, 11) is -3.67. The summed E-state index contributed by atoms with van der Waals surface area (Å²) < 4.78 is 32.5. The van der Waals surface area contributed by atoms with Crippen molar-refractivity contribution in [1.82, 2.24) is 10.0 Å². The van der Waals surface area contributed by atoms with Crippen LogP contribution in [0.25, 0.3) is 0 Å². The minimum Gasteiger partial charge on any atom is -0.488 e. The van der Waals surface area contributed by atoms with E-state index < -0.39 is 16.1 Å². The van der Waals surface area contributed by atoms with E-state index in [0.717, 1.165) is 29.1 Å². The molecular weight excluding hydrogens is 348 g/mol. The zero-order chi connectivity index (χ0) is 17.2. The predicted molar refractivity (Wildman–Crippen MR) is 91.7 cm³/mol. The van der Waals surface area contributed by atoms with Gasteiger partial charge in [0.25, 0.3) is 10.0 Å². The molecule has 6 nitrogen and oxygen atoms in total. The summed E-state index contributed by atoms with van der Waals surface area (Å²) in [6.07, 6.45) is 0.596. The highest BCUT2D eigenvalue weighted by Crippen LogP contribution is 2.27. The predicted octanol–water partition coefficient (Wildman–Crippen LogP) is 1.53. The first kappa shape index (κ1) is 16.9. The van der Waals surface area contributed by atoms with Crippen LogP contribution in [0, 0.1) is 0 Å². The molecule has 128 valence electrons. The largest absolute Gasteiger partial charge is 0.488 e. The molecule has 0 spiro atoms. The molecule has 2 N–H and O–H groups in total. The van der Waals surface area contributed by atoms with Crippen LogP contribution < -0.4 is 14.8 Å². The van der Waals surface area contributed by atoms with E-state index in [0.29, 0.717) is 6.54 Å². The van der Waals surface area contributed by atoms with E-state index in [1.165, 1.54) is 13.0 Å². The number of rotatable bonds is 6. The maximum absolute atomic E-state index is 12.1. The number of nitrogens with one attached hydrogen (secondary N) is 2. The minimum absolute atomic E-state index is 0.132. The number of sulfonamides is 1. The lowest BCUT2D eigenvalue weighted by Gasteiger charge is -2.16. The molecule has 8 heteroatoms. The molecule has 2 atom stereocenters. The summed E-state index contributed by atoms with van der Waals surface area (Å²) >= 11 is 1.11. The number of ether oxygens (including phenoxy) is 1. The van der Waals surface area contributed by atoms with Gasteiger partial charge in [0.05, 0.1) is 12.6 Å². The lowest BCUT2D eigenvalue weighted by molar-refractivity contribution is -0.122. The van der Waals surface area contributed by atoms with Gasteiger partial charge in [0.1, 0.15) is 16.1 Å². The fourth-order valence-electron chi connectivity index (χ4n) is 2.50. The van der Waals surface area contributed by atoms with E-state index in [1.807, 2.05) is 24.3 Å². The second kappa shape index (κ2) is 6.92. The van der Waals surface area contributed by atoms with Crippen molar-refractivity contribution in [3.63, 3.8) is 0 Å². The van der Waals surface area contributed by atoms with Crippen molar-refractivity contribution in [2.75, 3.05) is 6.54 Å². The van der Waals surface area contributed by atoms with E-state index in [1.54, 1.807) is 11.4 Å². The van der Waals surface area contributed by atoms with Gasteiger partial charge in [0.15, 0.2) is 0 Å². The van der Waals surface area contributed by atoms with Gasteiger partial charge in [-0.2, -0.15) is 4.72 Å². The zero-order valence-electron chi connectivity index (χ0n) is 13.1. The van der Waals surface area contributed by atoms with Crippen molar-refractivity contribution in [3.8, 4) is 5.75 Å². The fourth-order valence-corrected chi connectivity index (χ4v) is 4.71. The van der Waals surface area contributed by atoms with Gasteiger partial charge in [-0.3, -0.25) is 4.79 Å². The molecule has 1 aromatic heterocycles. The Labute approximate surface area is 144 Å². The molecule has 2 heterocycles. The van der Waals surface area contributed by atoms with E-state index in [-0.39, 0.29) is 16.2 Å². The highest BCUT2D eigenvalue weighted by atomic mass is 32.2. The van der Waals surface area contributed by atoms with Gasteiger partial charge in [-0.25, -0.2) is 8.42 Å². The van der Waals surface area contributed by atoms with E-state index >= 15 is 0 Å². The highest BCUT2D eigenvalue weighted by Gasteiger charge is 2.26. The number of para-hydroxylation sites is 1. The molecule has 2 unspecified atom stereocenters. The lowest BCUT2D eigenvalue weighted by Crippen LogP contribution is -2.46. The molecule has 1 amide bonds. The Bertz CT molecular complexity index is 793. The molecule has 0 bridgehead atoms. The molecule has 1 aromatic carbocycles. The summed E-state index contributed by atoms with van der Waals surface area (Å²) in [5.41, 5.74) is 1.11. The Balaban J connectivity index is 1.51. The third kappa shape index (κ3) is 3.77. The van der Waals surface area contributed by atoms with Crippen LogP contribution in [0.3, 0.4) is 0 Å². The average molecular weight is 366 g/mol. The number of fused-ring (bicyclic) bond motifs is 1. The topological polar surface area (TPSA) is 84.5 Å². The summed E-state index contributed by atoms with van der Waals surface area (Å²) in [5.74, 6) is 0.456. The van der Waals surface area contributed by atoms with Gasteiger partial charge >= 0.3 is 0 Å². The molecular formula is C16H18N2O4S2. The first-order valence-corrected chi connectivity index (χ1v) is 9.90. The molecule has 0 radical (unpaired) electrons. The second-order valence-electron chi connectivity index (χ2n) is 5.57. The number of hydrogen-bond acceptors (Lipinski definition) is 5. The summed E-state index contributed by atoms with van der Waals surface area (Å²) in [4.78, 5) is 12.1. The van der Waals surface area contributed by atoms with Crippen molar-refractivity contribution >= 4 is 27.3 Å². The van der Waals surface area contributed by atoms with Crippen molar-refractivity contribution in [2.24, 2.45) is 0 Å². The highest BCUT2D eigenvalue weighted by molar-refractivity contribution is 7.91. The number of hydrogen-bond donors (Lipinski definition) is 2. The number of thiophene rings is 1. The minimum atomic E-state index is -3.67. The van der Waals surface area contributed by atoms with Crippen LogP contribution in [-0.4, -0.2) is 33.0 Å². The van der Waals surface area contributed by atoms with Gasteiger partial charge < -0.3 is 10.1 Å². The monoisotopic (exact) mass is 366 g/mol. The van der Waals surface area contributed by atoms with Gasteiger partial charge in [0.2, 0.25) is 5.91 Å². The molecule has 24 heavy (non-hydrogen) atoms. The normalized spacial score (nSPS) is 17.8. The zero-order valence-corrected chi connectivity index (χ0v) is 14.7. The van der Waals surface area contributed by atoms with Crippen LogP contribution in [0.1, 0.15) is 12.5 Å². The number of carbonyl (C=O) groups excluding carboxylic acids is 1. The molecule has 2 aromatic rings.